The maximum Gasteiger partial charge on any atom is 0.252 e. The number of primary amides is 1. The highest BCUT2D eigenvalue weighted by Gasteiger charge is 2.10. The number of nitrogens with zero attached hydrogens (tertiary/aromatic N) is 2. The average Bonchev–Trinajstić information content (AvgIpc) is 2.29. The Balaban J connectivity index is 2.33. The van der Waals surface area contributed by atoms with Gasteiger partial charge in [-0.25, -0.2) is 9.97 Å². The van der Waals surface area contributed by atoms with E-state index in [9.17, 15) is 9.18 Å². The summed E-state index contributed by atoms with van der Waals surface area (Å²) in [4.78, 5) is 18.1. The summed E-state index contributed by atoms with van der Waals surface area (Å²) in [5.41, 5.74) is 5.37. The molecule has 2 N–H and O–H groups in total. The van der Waals surface area contributed by atoms with E-state index in [4.69, 9.17) is 10.5 Å². The molecule has 1 aromatic carbocycles. The van der Waals surface area contributed by atoms with E-state index in [-0.39, 0.29) is 17.2 Å². The molecule has 0 saturated carbocycles. The van der Waals surface area contributed by atoms with Crippen LogP contribution < -0.4 is 10.5 Å². The zero-order chi connectivity index (χ0) is 12.3. The van der Waals surface area contributed by atoms with Gasteiger partial charge in [-0.05, 0) is 12.1 Å². The topological polar surface area (TPSA) is 78.1 Å². The Labute approximate surface area is 96.1 Å². The Morgan fingerprint density at radius 3 is 2.76 bits per heavy atom. The van der Waals surface area contributed by atoms with Crippen molar-refractivity contribution in [2.75, 3.05) is 0 Å². The lowest BCUT2D eigenvalue weighted by Crippen LogP contribution is -2.12. The number of halogens is 1. The zero-order valence-electron chi connectivity index (χ0n) is 8.63. The standard InChI is InChI=1S/C11H8FN3O2/c12-9-5-10(15-6-14-9)17-8-4-2-1-3-7(8)11(13)16/h1-6H,(H2,13,16). The summed E-state index contributed by atoms with van der Waals surface area (Å²) in [6.45, 7) is 0. The van der Waals surface area contributed by atoms with Gasteiger partial charge >= 0.3 is 0 Å². The summed E-state index contributed by atoms with van der Waals surface area (Å²) in [7, 11) is 0. The van der Waals surface area contributed by atoms with Gasteiger partial charge in [-0.1, -0.05) is 12.1 Å². The number of amides is 1. The summed E-state index contributed by atoms with van der Waals surface area (Å²) >= 11 is 0. The van der Waals surface area contributed by atoms with Crippen molar-refractivity contribution in [3.8, 4) is 11.6 Å². The molecule has 0 aliphatic heterocycles. The normalized spacial score (nSPS) is 9.94. The molecule has 17 heavy (non-hydrogen) atoms. The number of aromatic nitrogens is 2. The first-order valence-corrected chi connectivity index (χ1v) is 4.71. The third kappa shape index (κ3) is 2.54. The first-order chi connectivity index (χ1) is 8.16. The quantitative estimate of drug-likeness (QED) is 0.815. The number of carbonyl (C=O) groups is 1. The van der Waals surface area contributed by atoms with Crippen molar-refractivity contribution < 1.29 is 13.9 Å². The van der Waals surface area contributed by atoms with Crippen molar-refractivity contribution in [2.24, 2.45) is 5.73 Å². The van der Waals surface area contributed by atoms with E-state index in [2.05, 4.69) is 9.97 Å². The lowest BCUT2D eigenvalue weighted by Gasteiger charge is -2.07. The third-order valence-electron chi connectivity index (χ3n) is 1.98. The second kappa shape index (κ2) is 4.56. The van der Waals surface area contributed by atoms with Gasteiger partial charge < -0.3 is 10.5 Å². The fourth-order valence-electron chi connectivity index (χ4n) is 1.25. The van der Waals surface area contributed by atoms with Crippen LogP contribution in [-0.4, -0.2) is 15.9 Å². The minimum atomic E-state index is -0.716. The maximum atomic E-state index is 12.8. The van der Waals surface area contributed by atoms with Gasteiger partial charge in [0.25, 0.3) is 5.91 Å². The van der Waals surface area contributed by atoms with Crippen LogP contribution in [0.25, 0.3) is 0 Å². The fraction of sp³-hybridized carbons (Fsp3) is 0. The summed E-state index contributed by atoms with van der Waals surface area (Å²) < 4.78 is 18.1. The van der Waals surface area contributed by atoms with Gasteiger partial charge in [0, 0.05) is 0 Å². The molecule has 1 aromatic heterocycles. The van der Waals surface area contributed by atoms with E-state index < -0.39 is 11.9 Å². The van der Waals surface area contributed by atoms with Crippen molar-refractivity contribution in [1.82, 2.24) is 9.97 Å². The van der Waals surface area contributed by atoms with E-state index in [0.29, 0.717) is 0 Å². The summed E-state index contributed by atoms with van der Waals surface area (Å²) in [6.07, 6.45) is 1.03. The Morgan fingerprint density at radius 1 is 1.29 bits per heavy atom. The highest BCUT2D eigenvalue weighted by molar-refractivity contribution is 5.95. The molecule has 0 bridgehead atoms. The second-order valence-electron chi connectivity index (χ2n) is 3.14. The van der Waals surface area contributed by atoms with Gasteiger partial charge in [0.1, 0.15) is 12.1 Å². The van der Waals surface area contributed by atoms with Crippen LogP contribution in [0.3, 0.4) is 0 Å². The molecule has 86 valence electrons. The molecule has 0 saturated heterocycles. The molecule has 0 radical (unpaired) electrons. The molecular formula is C11H8FN3O2. The van der Waals surface area contributed by atoms with Crippen LogP contribution in [0.15, 0.2) is 36.7 Å². The molecule has 0 aliphatic carbocycles. The highest BCUT2D eigenvalue weighted by atomic mass is 19.1. The van der Waals surface area contributed by atoms with Crippen LogP contribution in [0.1, 0.15) is 10.4 Å². The van der Waals surface area contributed by atoms with Crippen molar-refractivity contribution in [3.63, 3.8) is 0 Å². The minimum Gasteiger partial charge on any atom is -0.438 e. The molecule has 1 heterocycles. The summed E-state index contributed by atoms with van der Waals surface area (Å²) in [6, 6.07) is 7.37. The van der Waals surface area contributed by atoms with E-state index >= 15 is 0 Å². The van der Waals surface area contributed by atoms with Crippen LogP contribution >= 0.6 is 0 Å². The number of rotatable bonds is 3. The van der Waals surface area contributed by atoms with Crippen LogP contribution in [-0.2, 0) is 0 Å². The molecular weight excluding hydrogens is 225 g/mol. The number of nitrogens with two attached hydrogens (primary N) is 1. The SMILES string of the molecule is NC(=O)c1ccccc1Oc1cc(F)ncn1. The van der Waals surface area contributed by atoms with Gasteiger partial charge in [0.2, 0.25) is 11.8 Å². The largest absolute Gasteiger partial charge is 0.438 e. The van der Waals surface area contributed by atoms with Gasteiger partial charge in [0.05, 0.1) is 11.6 Å². The van der Waals surface area contributed by atoms with E-state index in [1.54, 1.807) is 18.2 Å². The van der Waals surface area contributed by atoms with E-state index in [1.807, 2.05) is 0 Å². The number of carbonyl (C=O) groups excluding carboxylic acids is 1. The molecule has 2 rings (SSSR count). The lowest BCUT2D eigenvalue weighted by atomic mass is 10.2. The minimum absolute atomic E-state index is 0.00574. The van der Waals surface area contributed by atoms with Crippen molar-refractivity contribution in [2.45, 2.75) is 0 Å². The second-order valence-corrected chi connectivity index (χ2v) is 3.14. The number of ether oxygens (including phenoxy) is 1. The Hall–Kier alpha value is -2.50. The molecule has 5 nitrogen and oxygen atoms in total. The van der Waals surface area contributed by atoms with Crippen LogP contribution in [0.5, 0.6) is 11.6 Å². The zero-order valence-corrected chi connectivity index (χ0v) is 8.63. The van der Waals surface area contributed by atoms with E-state index in [0.717, 1.165) is 12.4 Å². The van der Waals surface area contributed by atoms with Gasteiger partial charge in [-0.3, -0.25) is 4.79 Å². The molecule has 0 fully saturated rings. The van der Waals surface area contributed by atoms with E-state index in [1.165, 1.54) is 6.07 Å². The number of hydrogen-bond acceptors (Lipinski definition) is 4. The Bertz CT molecular complexity index is 560. The molecule has 2 aromatic rings. The van der Waals surface area contributed by atoms with Crippen LogP contribution in [0.4, 0.5) is 4.39 Å². The van der Waals surface area contributed by atoms with Crippen molar-refractivity contribution in [3.05, 3.63) is 48.2 Å². The molecule has 0 aliphatic rings. The predicted molar refractivity (Wildman–Crippen MR) is 57.0 cm³/mol. The Morgan fingerprint density at radius 2 is 2.06 bits per heavy atom. The number of hydrogen-bond donors (Lipinski definition) is 1. The third-order valence-corrected chi connectivity index (χ3v) is 1.98. The van der Waals surface area contributed by atoms with Crippen LogP contribution in [0.2, 0.25) is 0 Å². The number of para-hydroxylation sites is 1. The fourth-order valence-corrected chi connectivity index (χ4v) is 1.25. The molecule has 0 spiro atoms. The van der Waals surface area contributed by atoms with Gasteiger partial charge in [0.15, 0.2) is 0 Å². The first-order valence-electron chi connectivity index (χ1n) is 4.71. The monoisotopic (exact) mass is 233 g/mol. The summed E-state index contributed by atoms with van der Waals surface area (Å²) in [5.74, 6) is -1.12. The lowest BCUT2D eigenvalue weighted by molar-refractivity contribution is 0.0998. The average molecular weight is 233 g/mol. The first kappa shape index (κ1) is 11.0. The van der Waals surface area contributed by atoms with Gasteiger partial charge in [-0.15, -0.1) is 0 Å². The molecule has 0 unspecified atom stereocenters. The molecule has 6 heteroatoms. The van der Waals surface area contributed by atoms with Crippen molar-refractivity contribution >= 4 is 5.91 Å². The smallest absolute Gasteiger partial charge is 0.252 e. The highest BCUT2D eigenvalue weighted by Crippen LogP contribution is 2.23. The van der Waals surface area contributed by atoms with Gasteiger partial charge in [-0.2, -0.15) is 4.39 Å². The van der Waals surface area contributed by atoms with Crippen molar-refractivity contribution in [1.29, 1.82) is 0 Å². The maximum absolute atomic E-state index is 12.8. The van der Waals surface area contributed by atoms with Crippen LogP contribution in [0, 0.1) is 5.95 Å². The Kier molecular flexibility index (Phi) is 2.95. The number of benzene rings is 1. The summed E-state index contributed by atoms with van der Waals surface area (Å²) in [5, 5.41) is 0. The predicted octanol–water partition coefficient (Wildman–Crippen LogP) is 1.51. The molecule has 1 amide bonds. The molecule has 0 atom stereocenters.